The number of halogens is 4. The van der Waals surface area contributed by atoms with Crippen LogP contribution in [0.1, 0.15) is 26.3 Å². The molecule has 0 unspecified atom stereocenters. The lowest BCUT2D eigenvalue weighted by Crippen LogP contribution is -2.53. The van der Waals surface area contributed by atoms with Crippen LogP contribution in [-0.2, 0) is 6.54 Å². The predicted molar refractivity (Wildman–Crippen MR) is 87.4 cm³/mol. The Balaban J connectivity index is 2.04. The van der Waals surface area contributed by atoms with Crippen molar-refractivity contribution in [3.8, 4) is 5.75 Å². The van der Waals surface area contributed by atoms with E-state index in [2.05, 4.69) is 51.2 Å². The molecule has 0 N–H and O–H groups in total. The van der Waals surface area contributed by atoms with Crippen molar-refractivity contribution >= 4 is 15.9 Å². The van der Waals surface area contributed by atoms with Crippen LogP contribution in [0, 0.1) is 0 Å². The van der Waals surface area contributed by atoms with Crippen LogP contribution in [0.15, 0.2) is 22.7 Å². The highest BCUT2D eigenvalue weighted by molar-refractivity contribution is 9.10. The second-order valence-corrected chi connectivity index (χ2v) is 7.65. The van der Waals surface area contributed by atoms with Gasteiger partial charge in [-0.3, -0.25) is 9.80 Å². The normalized spacial score (nSPS) is 18.2. The van der Waals surface area contributed by atoms with Crippen LogP contribution in [-0.4, -0.2) is 47.9 Å². The molecule has 1 fully saturated rings. The number of piperazine rings is 1. The fraction of sp³-hybridized carbons (Fsp3) is 0.625. The summed E-state index contributed by atoms with van der Waals surface area (Å²) in [5.41, 5.74) is 0.670. The van der Waals surface area contributed by atoms with Crippen molar-refractivity contribution in [2.45, 2.75) is 39.2 Å². The number of alkyl halides is 3. The molecule has 0 bridgehead atoms. The van der Waals surface area contributed by atoms with Crippen molar-refractivity contribution < 1.29 is 17.9 Å². The maximum Gasteiger partial charge on any atom is 0.573 e. The van der Waals surface area contributed by atoms with Crippen molar-refractivity contribution in [2.24, 2.45) is 0 Å². The molecule has 1 saturated heterocycles. The van der Waals surface area contributed by atoms with E-state index in [1.54, 1.807) is 12.1 Å². The topological polar surface area (TPSA) is 15.7 Å². The standard InChI is InChI=1S/C16H22BrF3N2O/c1-15(2,3)22-8-6-21(7-9-22)11-12-4-5-13(17)10-14(12)23-16(18,19)20/h4-5,10H,6-9,11H2,1-3H3. The number of ether oxygens (including phenoxy) is 1. The maximum atomic E-state index is 12.6. The highest BCUT2D eigenvalue weighted by Gasteiger charge is 2.32. The molecule has 130 valence electrons. The van der Waals surface area contributed by atoms with E-state index in [9.17, 15) is 13.2 Å². The van der Waals surface area contributed by atoms with Gasteiger partial charge in [0.2, 0.25) is 0 Å². The Morgan fingerprint density at radius 2 is 1.70 bits per heavy atom. The largest absolute Gasteiger partial charge is 0.573 e. The van der Waals surface area contributed by atoms with Gasteiger partial charge in [-0.2, -0.15) is 0 Å². The lowest BCUT2D eigenvalue weighted by atomic mass is 10.0. The first-order valence-corrected chi connectivity index (χ1v) is 8.35. The Morgan fingerprint density at radius 3 is 2.22 bits per heavy atom. The molecule has 0 amide bonds. The van der Waals surface area contributed by atoms with Crippen LogP contribution in [0.4, 0.5) is 13.2 Å². The molecule has 1 aromatic carbocycles. The summed E-state index contributed by atoms with van der Waals surface area (Å²) >= 11 is 3.19. The minimum Gasteiger partial charge on any atom is -0.405 e. The fourth-order valence-electron chi connectivity index (χ4n) is 2.70. The minimum atomic E-state index is -4.68. The first-order valence-electron chi connectivity index (χ1n) is 7.56. The number of hydrogen-bond donors (Lipinski definition) is 0. The molecular weight excluding hydrogens is 373 g/mol. The fourth-order valence-corrected chi connectivity index (χ4v) is 3.04. The number of benzene rings is 1. The third-order valence-electron chi connectivity index (χ3n) is 3.97. The van der Waals surface area contributed by atoms with Gasteiger partial charge in [-0.25, -0.2) is 0 Å². The van der Waals surface area contributed by atoms with Crippen LogP contribution in [0.25, 0.3) is 0 Å². The molecule has 1 aromatic rings. The minimum absolute atomic E-state index is 0.119. The van der Waals surface area contributed by atoms with Crippen LogP contribution in [0.3, 0.4) is 0 Å². The average Bonchev–Trinajstić information content (AvgIpc) is 2.40. The Bertz CT molecular complexity index is 535. The molecule has 0 atom stereocenters. The van der Waals surface area contributed by atoms with E-state index in [4.69, 9.17) is 0 Å². The van der Waals surface area contributed by atoms with E-state index in [1.165, 1.54) is 6.07 Å². The Morgan fingerprint density at radius 1 is 1.09 bits per heavy atom. The second kappa shape index (κ2) is 6.99. The van der Waals surface area contributed by atoms with Crippen LogP contribution in [0.2, 0.25) is 0 Å². The zero-order valence-electron chi connectivity index (χ0n) is 13.6. The molecule has 0 aliphatic carbocycles. The SMILES string of the molecule is CC(C)(C)N1CCN(Cc2ccc(Br)cc2OC(F)(F)F)CC1. The number of rotatable bonds is 3. The quantitative estimate of drug-likeness (QED) is 0.761. The van der Waals surface area contributed by atoms with E-state index in [0.717, 1.165) is 26.2 Å². The zero-order valence-corrected chi connectivity index (χ0v) is 15.2. The Kier molecular flexibility index (Phi) is 5.63. The zero-order chi connectivity index (χ0) is 17.3. The molecule has 1 heterocycles. The van der Waals surface area contributed by atoms with E-state index in [0.29, 0.717) is 16.6 Å². The molecule has 0 spiro atoms. The monoisotopic (exact) mass is 394 g/mol. The lowest BCUT2D eigenvalue weighted by molar-refractivity contribution is -0.275. The summed E-state index contributed by atoms with van der Waals surface area (Å²) in [5, 5.41) is 0. The smallest absolute Gasteiger partial charge is 0.405 e. The molecule has 3 nitrogen and oxygen atoms in total. The van der Waals surface area contributed by atoms with Gasteiger partial charge in [0.1, 0.15) is 5.75 Å². The summed E-state index contributed by atoms with van der Waals surface area (Å²) in [7, 11) is 0. The van der Waals surface area contributed by atoms with Crippen molar-refractivity contribution in [1.82, 2.24) is 9.80 Å². The van der Waals surface area contributed by atoms with Crippen molar-refractivity contribution in [2.75, 3.05) is 26.2 Å². The van der Waals surface area contributed by atoms with Gasteiger partial charge < -0.3 is 4.74 Å². The highest BCUT2D eigenvalue weighted by Crippen LogP contribution is 2.30. The third kappa shape index (κ3) is 5.65. The van der Waals surface area contributed by atoms with Crippen molar-refractivity contribution in [3.05, 3.63) is 28.2 Å². The van der Waals surface area contributed by atoms with Gasteiger partial charge in [0.05, 0.1) is 0 Å². The van der Waals surface area contributed by atoms with E-state index in [1.807, 2.05) is 0 Å². The molecule has 0 saturated carbocycles. The average molecular weight is 395 g/mol. The van der Waals surface area contributed by atoms with Gasteiger partial charge in [-0.15, -0.1) is 13.2 Å². The first-order chi connectivity index (χ1) is 10.5. The van der Waals surface area contributed by atoms with Gasteiger partial charge in [0, 0.05) is 48.3 Å². The Hall–Kier alpha value is -0.790. The van der Waals surface area contributed by atoms with Crippen LogP contribution >= 0.6 is 15.9 Å². The Labute approximate surface area is 143 Å². The van der Waals surface area contributed by atoms with E-state index in [-0.39, 0.29) is 11.3 Å². The third-order valence-corrected chi connectivity index (χ3v) is 4.46. The van der Waals surface area contributed by atoms with Gasteiger partial charge >= 0.3 is 6.36 Å². The number of nitrogens with zero attached hydrogens (tertiary/aromatic N) is 2. The highest BCUT2D eigenvalue weighted by atomic mass is 79.9. The molecule has 0 radical (unpaired) electrons. The van der Waals surface area contributed by atoms with Crippen molar-refractivity contribution in [3.63, 3.8) is 0 Å². The molecule has 2 rings (SSSR count). The van der Waals surface area contributed by atoms with E-state index < -0.39 is 6.36 Å². The van der Waals surface area contributed by atoms with Gasteiger partial charge in [-0.1, -0.05) is 22.0 Å². The maximum absolute atomic E-state index is 12.6. The molecule has 1 aliphatic rings. The summed E-state index contributed by atoms with van der Waals surface area (Å²) in [4.78, 5) is 4.55. The number of hydrogen-bond acceptors (Lipinski definition) is 3. The van der Waals surface area contributed by atoms with E-state index >= 15 is 0 Å². The summed E-state index contributed by atoms with van der Waals surface area (Å²) in [5.74, 6) is -0.134. The molecular formula is C16H22BrF3N2O. The summed E-state index contributed by atoms with van der Waals surface area (Å²) in [6.45, 7) is 10.5. The summed E-state index contributed by atoms with van der Waals surface area (Å²) < 4.78 is 42.4. The predicted octanol–water partition coefficient (Wildman–Crippen LogP) is 4.26. The summed E-state index contributed by atoms with van der Waals surface area (Å²) in [6, 6.07) is 4.79. The molecule has 0 aromatic heterocycles. The molecule has 23 heavy (non-hydrogen) atoms. The van der Waals surface area contributed by atoms with Gasteiger partial charge in [0.25, 0.3) is 0 Å². The first kappa shape index (κ1) is 18.5. The molecule has 1 aliphatic heterocycles. The molecule has 7 heteroatoms. The lowest BCUT2D eigenvalue weighted by Gasteiger charge is -2.42. The van der Waals surface area contributed by atoms with Gasteiger partial charge in [-0.05, 0) is 32.9 Å². The summed E-state index contributed by atoms with van der Waals surface area (Å²) in [6.07, 6.45) is -4.68. The second-order valence-electron chi connectivity index (χ2n) is 6.73. The van der Waals surface area contributed by atoms with Crippen LogP contribution in [0.5, 0.6) is 5.75 Å². The van der Waals surface area contributed by atoms with Crippen molar-refractivity contribution in [1.29, 1.82) is 0 Å². The van der Waals surface area contributed by atoms with Crippen LogP contribution < -0.4 is 4.74 Å². The van der Waals surface area contributed by atoms with Gasteiger partial charge in [0.15, 0.2) is 0 Å².